The van der Waals surface area contributed by atoms with Crippen LogP contribution in [0.2, 0.25) is 0 Å². The highest BCUT2D eigenvalue weighted by Gasteiger charge is 2.37. The number of hydrogen-bond acceptors (Lipinski definition) is 2. The van der Waals surface area contributed by atoms with E-state index >= 15 is 0 Å². The lowest BCUT2D eigenvalue weighted by Crippen LogP contribution is -2.39. The van der Waals surface area contributed by atoms with Crippen molar-refractivity contribution < 1.29 is 4.79 Å². The molecule has 2 unspecified atom stereocenters. The lowest BCUT2D eigenvalue weighted by molar-refractivity contribution is -0.108. The minimum Gasteiger partial charge on any atom is -0.303 e. The first-order valence-corrected chi connectivity index (χ1v) is 5.47. The first-order valence-electron chi connectivity index (χ1n) is 5.47. The predicted molar refractivity (Wildman–Crippen MR) is 52.6 cm³/mol. The van der Waals surface area contributed by atoms with Crippen molar-refractivity contribution in [1.29, 1.82) is 0 Å². The molecule has 2 aliphatic rings. The molecule has 74 valence electrons. The van der Waals surface area contributed by atoms with E-state index in [1.165, 1.54) is 25.7 Å². The van der Waals surface area contributed by atoms with Gasteiger partial charge in [-0.2, -0.15) is 0 Å². The Bertz CT molecular complexity index is 179. The van der Waals surface area contributed by atoms with Gasteiger partial charge in [0.15, 0.2) is 0 Å². The molecule has 0 radical (unpaired) electrons. The molecule has 0 aromatic rings. The van der Waals surface area contributed by atoms with E-state index in [0.29, 0.717) is 0 Å². The zero-order valence-corrected chi connectivity index (χ0v) is 8.41. The third-order valence-electron chi connectivity index (χ3n) is 3.89. The van der Waals surface area contributed by atoms with Gasteiger partial charge >= 0.3 is 0 Å². The maximum Gasteiger partial charge on any atom is 0.120 e. The fourth-order valence-corrected chi connectivity index (χ4v) is 3.06. The number of aldehydes is 1. The van der Waals surface area contributed by atoms with Crippen molar-refractivity contribution in [2.75, 3.05) is 7.05 Å². The van der Waals surface area contributed by atoms with Crippen LogP contribution in [-0.2, 0) is 4.79 Å². The topological polar surface area (TPSA) is 20.3 Å². The van der Waals surface area contributed by atoms with Crippen LogP contribution in [0.25, 0.3) is 0 Å². The number of hydrogen-bond donors (Lipinski definition) is 0. The molecular weight excluding hydrogens is 162 g/mol. The van der Waals surface area contributed by atoms with Crippen LogP contribution in [0.4, 0.5) is 0 Å². The van der Waals surface area contributed by atoms with Crippen LogP contribution in [0.1, 0.15) is 38.5 Å². The minimum absolute atomic E-state index is 0.772. The van der Waals surface area contributed by atoms with Crippen molar-refractivity contribution in [3.63, 3.8) is 0 Å². The number of piperidine rings is 1. The van der Waals surface area contributed by atoms with Crippen molar-refractivity contribution >= 4 is 6.29 Å². The van der Waals surface area contributed by atoms with E-state index in [9.17, 15) is 4.79 Å². The van der Waals surface area contributed by atoms with Crippen molar-refractivity contribution in [2.24, 2.45) is 5.92 Å². The summed E-state index contributed by atoms with van der Waals surface area (Å²) in [7, 11) is 2.26. The van der Waals surface area contributed by atoms with Crippen molar-refractivity contribution in [1.82, 2.24) is 4.90 Å². The second-order valence-electron chi connectivity index (χ2n) is 4.63. The zero-order chi connectivity index (χ0) is 9.26. The smallest absolute Gasteiger partial charge is 0.120 e. The molecule has 13 heavy (non-hydrogen) atoms. The van der Waals surface area contributed by atoms with E-state index in [1.54, 1.807) is 0 Å². The Morgan fingerprint density at radius 2 is 1.92 bits per heavy atom. The van der Waals surface area contributed by atoms with E-state index in [-0.39, 0.29) is 0 Å². The number of carbonyl (C=O) groups excluding carboxylic acids is 1. The van der Waals surface area contributed by atoms with Gasteiger partial charge in [-0.1, -0.05) is 0 Å². The lowest BCUT2D eigenvalue weighted by atomic mass is 9.88. The summed E-state index contributed by atoms with van der Waals surface area (Å²) in [5.74, 6) is 0.832. The monoisotopic (exact) mass is 181 g/mol. The Hall–Kier alpha value is -0.370. The first kappa shape index (κ1) is 9.20. The molecular formula is C11H19NO. The second-order valence-corrected chi connectivity index (χ2v) is 4.63. The number of rotatable bonds is 3. The third-order valence-corrected chi connectivity index (χ3v) is 3.89. The molecule has 0 aromatic carbocycles. The van der Waals surface area contributed by atoms with Gasteiger partial charge in [0.2, 0.25) is 0 Å². The summed E-state index contributed by atoms with van der Waals surface area (Å²) in [5, 5.41) is 0. The van der Waals surface area contributed by atoms with Crippen LogP contribution in [0, 0.1) is 5.92 Å². The van der Waals surface area contributed by atoms with E-state index in [0.717, 1.165) is 37.1 Å². The molecule has 2 bridgehead atoms. The standard InChI is InChI=1S/C11H19NO/c1-12-10-4-5-11(12)8-9(7-10)3-2-6-13/h6,9-11H,2-5,7-8H2,1H3. The molecule has 0 aromatic heterocycles. The van der Waals surface area contributed by atoms with E-state index < -0.39 is 0 Å². The van der Waals surface area contributed by atoms with Crippen molar-refractivity contribution in [3.8, 4) is 0 Å². The number of fused-ring (bicyclic) bond motifs is 2. The molecule has 2 saturated heterocycles. The van der Waals surface area contributed by atoms with Gasteiger partial charge in [-0.25, -0.2) is 0 Å². The summed E-state index contributed by atoms with van der Waals surface area (Å²) < 4.78 is 0. The maximum atomic E-state index is 10.3. The van der Waals surface area contributed by atoms with Crippen LogP contribution in [0.15, 0.2) is 0 Å². The highest BCUT2D eigenvalue weighted by atomic mass is 16.1. The van der Waals surface area contributed by atoms with Crippen molar-refractivity contribution in [3.05, 3.63) is 0 Å². The molecule has 2 rings (SSSR count). The lowest BCUT2D eigenvalue weighted by Gasteiger charge is -2.36. The van der Waals surface area contributed by atoms with Crippen LogP contribution in [-0.4, -0.2) is 30.3 Å². The van der Waals surface area contributed by atoms with E-state index in [1.807, 2.05) is 0 Å². The molecule has 2 aliphatic heterocycles. The van der Waals surface area contributed by atoms with E-state index in [4.69, 9.17) is 0 Å². The van der Waals surface area contributed by atoms with Gasteiger partial charge in [-0.05, 0) is 45.1 Å². The summed E-state index contributed by atoms with van der Waals surface area (Å²) in [4.78, 5) is 12.8. The summed E-state index contributed by atoms with van der Waals surface area (Å²) >= 11 is 0. The molecule has 0 N–H and O–H groups in total. The van der Waals surface area contributed by atoms with Gasteiger partial charge < -0.3 is 9.69 Å². The fraction of sp³-hybridized carbons (Fsp3) is 0.909. The van der Waals surface area contributed by atoms with Gasteiger partial charge in [0.05, 0.1) is 0 Å². The predicted octanol–water partition coefficient (Wildman–Crippen LogP) is 1.84. The Kier molecular flexibility index (Phi) is 2.68. The SMILES string of the molecule is CN1C2CCC1CC(CCC=O)C2. The summed E-state index contributed by atoms with van der Waals surface area (Å²) in [6, 6.07) is 1.66. The fourth-order valence-electron chi connectivity index (χ4n) is 3.06. The summed E-state index contributed by atoms with van der Waals surface area (Å²) in [5.41, 5.74) is 0. The molecule has 0 spiro atoms. The van der Waals surface area contributed by atoms with Crippen LogP contribution in [0.3, 0.4) is 0 Å². The highest BCUT2D eigenvalue weighted by molar-refractivity contribution is 5.49. The number of carbonyl (C=O) groups is 1. The second kappa shape index (κ2) is 3.79. The van der Waals surface area contributed by atoms with Crippen LogP contribution < -0.4 is 0 Å². The van der Waals surface area contributed by atoms with Crippen molar-refractivity contribution in [2.45, 2.75) is 50.6 Å². The normalized spacial score (nSPS) is 39.3. The molecule has 2 nitrogen and oxygen atoms in total. The molecule has 0 aliphatic carbocycles. The number of nitrogens with zero attached hydrogens (tertiary/aromatic N) is 1. The van der Waals surface area contributed by atoms with Gasteiger partial charge in [-0.3, -0.25) is 0 Å². The third kappa shape index (κ3) is 1.78. The quantitative estimate of drug-likeness (QED) is 0.619. The minimum atomic E-state index is 0.772. The zero-order valence-electron chi connectivity index (χ0n) is 8.41. The molecule has 2 fully saturated rings. The van der Waals surface area contributed by atoms with Gasteiger partial charge in [0.25, 0.3) is 0 Å². The van der Waals surface area contributed by atoms with Crippen LogP contribution >= 0.6 is 0 Å². The average Bonchev–Trinajstić information content (AvgIpc) is 2.41. The largest absolute Gasteiger partial charge is 0.303 e. The van der Waals surface area contributed by atoms with Gasteiger partial charge in [-0.15, -0.1) is 0 Å². The van der Waals surface area contributed by atoms with Gasteiger partial charge in [0.1, 0.15) is 6.29 Å². The summed E-state index contributed by atoms with van der Waals surface area (Å²) in [6.45, 7) is 0. The molecule has 0 saturated carbocycles. The Balaban J connectivity index is 1.87. The molecule has 2 heteroatoms. The summed E-state index contributed by atoms with van der Waals surface area (Å²) in [6.07, 6.45) is 8.41. The average molecular weight is 181 g/mol. The molecule has 2 atom stereocenters. The first-order chi connectivity index (χ1) is 6.31. The molecule has 2 heterocycles. The Morgan fingerprint density at radius 3 is 2.46 bits per heavy atom. The Labute approximate surface area is 80.3 Å². The Morgan fingerprint density at radius 1 is 1.31 bits per heavy atom. The van der Waals surface area contributed by atoms with E-state index in [2.05, 4.69) is 11.9 Å². The molecule has 0 amide bonds. The highest BCUT2D eigenvalue weighted by Crippen LogP contribution is 2.38. The maximum absolute atomic E-state index is 10.3. The van der Waals surface area contributed by atoms with Gasteiger partial charge in [0, 0.05) is 18.5 Å². The van der Waals surface area contributed by atoms with Crippen LogP contribution in [0.5, 0.6) is 0 Å².